The van der Waals surface area contributed by atoms with Crippen LogP contribution in [0.2, 0.25) is 0 Å². The maximum atomic E-state index is 13.3. The van der Waals surface area contributed by atoms with Gasteiger partial charge in [-0.2, -0.15) is 0 Å². The topological polar surface area (TPSA) is 73.4 Å². The molecule has 2 heterocycles. The van der Waals surface area contributed by atoms with Crippen molar-refractivity contribution < 1.29 is 4.79 Å². The molecule has 1 amide bonds. The Bertz CT molecular complexity index is 1220. The molecule has 204 valence electrons. The third-order valence-electron chi connectivity index (χ3n) is 11.0. The Morgan fingerprint density at radius 1 is 1.13 bits per heavy atom. The quantitative estimate of drug-likeness (QED) is 0.528. The molecule has 1 aromatic carbocycles. The van der Waals surface area contributed by atoms with Gasteiger partial charge >= 0.3 is 0 Å². The Labute approximate surface area is 227 Å². The van der Waals surface area contributed by atoms with Gasteiger partial charge in [0.25, 0.3) is 5.91 Å². The number of hydrogen-bond donors (Lipinski definition) is 2. The number of anilines is 3. The van der Waals surface area contributed by atoms with E-state index in [2.05, 4.69) is 90.1 Å². The van der Waals surface area contributed by atoms with Gasteiger partial charge in [-0.05, 0) is 71.1 Å². The van der Waals surface area contributed by atoms with E-state index >= 15 is 0 Å². The fourth-order valence-electron chi connectivity index (χ4n) is 8.90. The van der Waals surface area contributed by atoms with Gasteiger partial charge in [0.2, 0.25) is 5.95 Å². The predicted octanol–water partition coefficient (Wildman–Crippen LogP) is 5.19. The summed E-state index contributed by atoms with van der Waals surface area (Å²) in [5, 5.41) is 6.71. The van der Waals surface area contributed by atoms with Crippen molar-refractivity contribution in [3.63, 3.8) is 0 Å². The molecule has 5 atom stereocenters. The van der Waals surface area contributed by atoms with Crippen LogP contribution in [-0.2, 0) is 0 Å². The van der Waals surface area contributed by atoms with Gasteiger partial charge in [0.15, 0.2) is 0 Å². The van der Waals surface area contributed by atoms with E-state index in [0.29, 0.717) is 34.3 Å². The second kappa shape index (κ2) is 8.94. The third-order valence-corrected chi connectivity index (χ3v) is 11.0. The van der Waals surface area contributed by atoms with Crippen molar-refractivity contribution in [1.82, 2.24) is 20.2 Å². The van der Waals surface area contributed by atoms with Crippen LogP contribution < -0.4 is 15.5 Å². The number of piperazine rings is 1. The summed E-state index contributed by atoms with van der Waals surface area (Å²) in [7, 11) is 0. The zero-order valence-corrected chi connectivity index (χ0v) is 23.9. The van der Waals surface area contributed by atoms with E-state index in [1.807, 2.05) is 6.07 Å². The fraction of sp³-hybridized carbons (Fsp3) is 0.645. The van der Waals surface area contributed by atoms with Gasteiger partial charge in [-0.15, -0.1) is 0 Å². The van der Waals surface area contributed by atoms with Gasteiger partial charge < -0.3 is 15.5 Å². The molecule has 2 aromatic rings. The van der Waals surface area contributed by atoms with E-state index in [1.165, 1.54) is 12.1 Å². The number of nitrogens with one attached hydrogen (secondary N) is 2. The highest BCUT2D eigenvalue weighted by Gasteiger charge is 2.88. The van der Waals surface area contributed by atoms with Gasteiger partial charge in [0.1, 0.15) is 5.69 Å². The van der Waals surface area contributed by atoms with Crippen LogP contribution in [0.1, 0.15) is 64.9 Å². The molecule has 4 fully saturated rings. The van der Waals surface area contributed by atoms with Crippen LogP contribution in [0.25, 0.3) is 0 Å². The third kappa shape index (κ3) is 3.75. The van der Waals surface area contributed by atoms with Crippen molar-refractivity contribution >= 4 is 23.2 Å². The van der Waals surface area contributed by atoms with Crippen LogP contribution in [0.4, 0.5) is 17.3 Å². The minimum absolute atomic E-state index is 0.0944. The van der Waals surface area contributed by atoms with Gasteiger partial charge in [-0.3, -0.25) is 9.69 Å². The van der Waals surface area contributed by atoms with E-state index in [1.54, 1.807) is 12.3 Å². The maximum Gasteiger partial charge on any atom is 0.270 e. The summed E-state index contributed by atoms with van der Waals surface area (Å²) in [6.07, 6.45) is 4.04. The molecule has 1 saturated heterocycles. The van der Waals surface area contributed by atoms with E-state index < -0.39 is 0 Å². The molecule has 7 heteroatoms. The van der Waals surface area contributed by atoms with Gasteiger partial charge in [-0.25, -0.2) is 9.97 Å². The molecule has 7 nitrogen and oxygen atoms in total. The molecule has 38 heavy (non-hydrogen) atoms. The lowest BCUT2D eigenvalue weighted by atomic mass is 9.48. The number of amides is 1. The molecule has 3 saturated carbocycles. The molecule has 1 aromatic heterocycles. The SMILES string of the molecule is CC(C)CN1CCN(c2cccc(Nc3nccc(C(=O)NC4CC5C(C)(C)C56CC(C)C46C)n3)c2)CC1. The largest absolute Gasteiger partial charge is 0.369 e. The van der Waals surface area contributed by atoms with E-state index in [-0.39, 0.29) is 17.4 Å². The molecule has 4 aliphatic rings. The minimum Gasteiger partial charge on any atom is -0.369 e. The molecule has 0 bridgehead atoms. The van der Waals surface area contributed by atoms with Crippen LogP contribution in [0.5, 0.6) is 0 Å². The molecule has 3 aliphatic carbocycles. The molecule has 5 unspecified atom stereocenters. The van der Waals surface area contributed by atoms with Crippen LogP contribution in [-0.4, -0.2) is 59.5 Å². The van der Waals surface area contributed by atoms with Crippen molar-refractivity contribution in [3.05, 3.63) is 42.2 Å². The smallest absolute Gasteiger partial charge is 0.270 e. The molecule has 1 spiro atoms. The van der Waals surface area contributed by atoms with Crippen molar-refractivity contribution in [1.29, 1.82) is 0 Å². The average Bonchev–Trinajstić information content (AvgIpc) is 3.29. The normalized spacial score (nSPS) is 33.3. The maximum absolute atomic E-state index is 13.3. The Balaban J connectivity index is 1.10. The van der Waals surface area contributed by atoms with Crippen LogP contribution in [0.15, 0.2) is 36.5 Å². The fourth-order valence-corrected chi connectivity index (χ4v) is 8.90. The molecule has 0 radical (unpaired) electrons. The number of carbonyl (C=O) groups is 1. The Kier molecular flexibility index (Phi) is 6.02. The first-order chi connectivity index (χ1) is 18.1. The summed E-state index contributed by atoms with van der Waals surface area (Å²) in [5.74, 6) is 2.40. The first kappa shape index (κ1) is 25.6. The summed E-state index contributed by atoms with van der Waals surface area (Å²) >= 11 is 0. The van der Waals surface area contributed by atoms with Crippen LogP contribution in [0, 0.1) is 34.0 Å². The summed E-state index contributed by atoms with van der Waals surface area (Å²) < 4.78 is 0. The van der Waals surface area contributed by atoms with Gasteiger partial charge in [-0.1, -0.05) is 47.6 Å². The zero-order chi connectivity index (χ0) is 26.9. The molecular formula is C31H44N6O. The average molecular weight is 517 g/mol. The highest BCUT2D eigenvalue weighted by molar-refractivity contribution is 5.93. The van der Waals surface area contributed by atoms with E-state index in [9.17, 15) is 4.79 Å². The monoisotopic (exact) mass is 516 g/mol. The number of rotatable bonds is 7. The zero-order valence-electron chi connectivity index (χ0n) is 23.9. The molecule has 2 N–H and O–H groups in total. The lowest BCUT2D eigenvalue weighted by Gasteiger charge is -2.58. The van der Waals surface area contributed by atoms with Crippen LogP contribution >= 0.6 is 0 Å². The van der Waals surface area contributed by atoms with Crippen molar-refractivity contribution in [2.24, 2.45) is 34.0 Å². The number of carbonyl (C=O) groups excluding carboxylic acids is 1. The minimum atomic E-state index is -0.0944. The molecule has 1 aliphatic heterocycles. The second-order valence-corrected chi connectivity index (χ2v) is 13.5. The predicted molar refractivity (Wildman–Crippen MR) is 153 cm³/mol. The van der Waals surface area contributed by atoms with Gasteiger partial charge in [0, 0.05) is 56.3 Å². The van der Waals surface area contributed by atoms with Crippen molar-refractivity contribution in [3.8, 4) is 0 Å². The standard InChI is InChI=1S/C31H44N6O/c1-20(2)19-36-12-14-37(15-13-36)23-9-7-8-22(16-23)33-28-32-11-10-24(34-28)27(38)35-26-17-25-29(4,5)31(25)18-21(3)30(26,31)6/h7-11,16,20-21,25-26H,12-15,17-19H2,1-6H3,(H,35,38)(H,32,33,34). The Hall–Kier alpha value is -2.67. The van der Waals surface area contributed by atoms with E-state index in [4.69, 9.17) is 0 Å². The summed E-state index contributed by atoms with van der Waals surface area (Å²) in [4.78, 5) is 27.3. The van der Waals surface area contributed by atoms with E-state index in [0.717, 1.165) is 50.7 Å². The molecular weight excluding hydrogens is 472 g/mol. The first-order valence-electron chi connectivity index (χ1n) is 14.5. The van der Waals surface area contributed by atoms with Crippen molar-refractivity contribution in [2.75, 3.05) is 42.9 Å². The van der Waals surface area contributed by atoms with Gasteiger partial charge in [0.05, 0.1) is 0 Å². The highest BCUT2D eigenvalue weighted by atomic mass is 16.2. The first-order valence-corrected chi connectivity index (χ1v) is 14.5. The highest BCUT2D eigenvalue weighted by Crippen LogP contribution is 2.91. The summed E-state index contributed by atoms with van der Waals surface area (Å²) in [6.45, 7) is 19.6. The Morgan fingerprint density at radius 3 is 2.61 bits per heavy atom. The van der Waals surface area contributed by atoms with Crippen molar-refractivity contribution in [2.45, 2.75) is 60.4 Å². The number of aromatic nitrogens is 2. The number of nitrogens with zero attached hydrogens (tertiary/aromatic N) is 4. The second-order valence-electron chi connectivity index (χ2n) is 13.5. The number of benzene rings is 1. The summed E-state index contributed by atoms with van der Waals surface area (Å²) in [5.41, 5.74) is 3.53. The Morgan fingerprint density at radius 2 is 1.89 bits per heavy atom. The number of hydrogen-bond acceptors (Lipinski definition) is 6. The molecule has 6 rings (SSSR count). The van der Waals surface area contributed by atoms with Crippen LogP contribution in [0.3, 0.4) is 0 Å². The lowest BCUT2D eigenvalue weighted by Crippen LogP contribution is -2.59. The summed E-state index contributed by atoms with van der Waals surface area (Å²) in [6, 6.07) is 10.3. The lowest BCUT2D eigenvalue weighted by molar-refractivity contribution is -0.0817.